The molecule has 184 valence electrons. The van der Waals surface area contributed by atoms with Gasteiger partial charge >= 0.3 is 0 Å². The Morgan fingerprint density at radius 1 is 0.800 bits per heavy atom. The highest BCUT2D eigenvalue weighted by molar-refractivity contribution is 14.1. The van der Waals surface area contributed by atoms with Crippen LogP contribution in [0, 0.1) is 0 Å². The second-order valence-electron chi connectivity index (χ2n) is 8.81. The van der Waals surface area contributed by atoms with E-state index in [1.54, 1.807) is 0 Å². The number of fused-ring (bicyclic) bond motifs is 1. The highest BCUT2D eigenvalue weighted by atomic mass is 127. The highest BCUT2D eigenvalue weighted by Crippen LogP contribution is 2.42. The lowest BCUT2D eigenvalue weighted by Crippen LogP contribution is -2.71. The van der Waals surface area contributed by atoms with Crippen LogP contribution in [0.3, 0.4) is 0 Å². The third kappa shape index (κ3) is 5.61. The molecule has 0 saturated carbocycles. The molecule has 2 saturated heterocycles. The van der Waals surface area contributed by atoms with E-state index in [4.69, 9.17) is 23.7 Å². The molecule has 2 aliphatic heterocycles. The van der Waals surface area contributed by atoms with Crippen LogP contribution in [-0.2, 0) is 36.9 Å². The molecule has 0 radical (unpaired) electrons. The van der Waals surface area contributed by atoms with Crippen LogP contribution in [0.5, 0.6) is 0 Å². The first-order valence-electron chi connectivity index (χ1n) is 11.7. The van der Waals surface area contributed by atoms with E-state index in [0.29, 0.717) is 17.6 Å². The van der Waals surface area contributed by atoms with Crippen LogP contribution in [0.15, 0.2) is 91.0 Å². The number of alkyl halides is 1. The summed E-state index contributed by atoms with van der Waals surface area (Å²) < 4.78 is 31.6. The van der Waals surface area contributed by atoms with Crippen molar-refractivity contribution >= 4 is 22.6 Å². The molecule has 6 atom stereocenters. The first-order chi connectivity index (χ1) is 17.2. The number of benzene rings is 3. The molecule has 0 aromatic heterocycles. The minimum absolute atomic E-state index is 0.278. The Bertz CT molecular complexity index is 1050. The monoisotopic (exact) mass is 588 g/mol. The van der Waals surface area contributed by atoms with Gasteiger partial charge in [-0.05, 0) is 11.1 Å². The first-order valence-corrected chi connectivity index (χ1v) is 13.3. The van der Waals surface area contributed by atoms with Crippen LogP contribution < -0.4 is 0 Å². The van der Waals surface area contributed by atoms with Gasteiger partial charge in [0.1, 0.15) is 23.9 Å². The number of halogens is 1. The lowest BCUT2D eigenvalue weighted by atomic mass is 9.84. The summed E-state index contributed by atoms with van der Waals surface area (Å²) in [6, 6.07) is 29.5. The molecule has 0 spiro atoms. The molecule has 2 heterocycles. The molecular formula is C28H29IO6. The van der Waals surface area contributed by atoms with Crippen LogP contribution in [0.2, 0.25) is 0 Å². The summed E-state index contributed by atoms with van der Waals surface area (Å²) in [6.45, 7) is 0.925. The molecule has 7 heteroatoms. The largest absolute Gasteiger partial charge is 0.383 e. The Balaban J connectivity index is 1.39. The van der Waals surface area contributed by atoms with Crippen molar-refractivity contribution < 1.29 is 28.8 Å². The van der Waals surface area contributed by atoms with Crippen molar-refractivity contribution in [3.05, 3.63) is 108 Å². The molecule has 1 unspecified atom stereocenters. The third-order valence-corrected chi connectivity index (χ3v) is 7.60. The van der Waals surface area contributed by atoms with Gasteiger partial charge in [0.05, 0.1) is 19.8 Å². The molecule has 3 aromatic carbocycles. The van der Waals surface area contributed by atoms with E-state index in [0.717, 1.165) is 16.7 Å². The summed E-state index contributed by atoms with van der Waals surface area (Å²) in [5, 5.41) is 12.1. The van der Waals surface area contributed by atoms with Gasteiger partial charge < -0.3 is 28.8 Å². The van der Waals surface area contributed by atoms with E-state index in [9.17, 15) is 5.11 Å². The number of hydrogen-bond donors (Lipinski definition) is 1. The summed E-state index contributed by atoms with van der Waals surface area (Å²) in [5.74, 6) is 0. The lowest BCUT2D eigenvalue weighted by molar-refractivity contribution is -0.389. The van der Waals surface area contributed by atoms with Gasteiger partial charge in [-0.3, -0.25) is 0 Å². The van der Waals surface area contributed by atoms with E-state index >= 15 is 0 Å². The van der Waals surface area contributed by atoms with Gasteiger partial charge in [-0.2, -0.15) is 0 Å². The van der Waals surface area contributed by atoms with Crippen molar-refractivity contribution in [1.82, 2.24) is 0 Å². The number of aliphatic hydroxyl groups is 1. The van der Waals surface area contributed by atoms with Gasteiger partial charge in [0.25, 0.3) is 0 Å². The lowest BCUT2D eigenvalue weighted by Gasteiger charge is -2.53. The first kappa shape index (κ1) is 24.8. The standard InChI is InChI=1S/C28H29IO6/c29-19-28(30)24-23(18-33-26(35-24)22-14-8-3-9-15-22)34-27(32-17-21-12-6-2-7-13-21)25(28)31-16-20-10-4-1-5-11-20/h1-15,23-27,30H,16-19H2/t23-,24-,25-,26?,27+,28-/m1/s1. The maximum Gasteiger partial charge on any atom is 0.187 e. The molecule has 0 amide bonds. The second kappa shape index (κ2) is 11.5. The summed E-state index contributed by atoms with van der Waals surface area (Å²) in [6.07, 6.45) is -3.28. The SMILES string of the molecule is O[C@@]1(CI)[C@H](OCc2ccccc2)[C@@H](OCc2ccccc2)O[C@@H]2COC(c3ccccc3)O[C@H]21. The predicted molar refractivity (Wildman–Crippen MR) is 139 cm³/mol. The minimum Gasteiger partial charge on any atom is -0.383 e. The molecule has 1 N–H and O–H groups in total. The van der Waals surface area contributed by atoms with Crippen LogP contribution >= 0.6 is 22.6 Å². The average molecular weight is 588 g/mol. The van der Waals surface area contributed by atoms with Crippen molar-refractivity contribution in [2.75, 3.05) is 11.0 Å². The van der Waals surface area contributed by atoms with Gasteiger partial charge in [-0.15, -0.1) is 0 Å². The molecule has 2 aliphatic rings. The van der Waals surface area contributed by atoms with Gasteiger partial charge in [0.15, 0.2) is 12.6 Å². The van der Waals surface area contributed by atoms with E-state index < -0.39 is 36.5 Å². The molecule has 6 nitrogen and oxygen atoms in total. The Labute approximate surface area is 219 Å². The fourth-order valence-corrected chi connectivity index (χ4v) is 5.39. The molecular weight excluding hydrogens is 559 g/mol. The molecule has 35 heavy (non-hydrogen) atoms. The molecule has 0 bridgehead atoms. The number of rotatable bonds is 8. The number of hydrogen-bond acceptors (Lipinski definition) is 6. The van der Waals surface area contributed by atoms with Crippen molar-refractivity contribution in [3.63, 3.8) is 0 Å². The van der Waals surface area contributed by atoms with Crippen molar-refractivity contribution in [2.45, 2.75) is 49.7 Å². The van der Waals surface area contributed by atoms with Crippen LogP contribution in [0.4, 0.5) is 0 Å². The molecule has 2 fully saturated rings. The average Bonchev–Trinajstić information content (AvgIpc) is 2.93. The summed E-state index contributed by atoms with van der Waals surface area (Å²) in [4.78, 5) is 0. The Kier molecular flexibility index (Phi) is 8.14. The van der Waals surface area contributed by atoms with Crippen LogP contribution in [0.25, 0.3) is 0 Å². The fourth-order valence-electron chi connectivity index (χ4n) is 4.52. The zero-order valence-corrected chi connectivity index (χ0v) is 21.4. The van der Waals surface area contributed by atoms with Gasteiger partial charge in [-0.25, -0.2) is 0 Å². The Morgan fingerprint density at radius 3 is 1.97 bits per heavy atom. The summed E-state index contributed by atoms with van der Waals surface area (Å²) in [7, 11) is 0. The summed E-state index contributed by atoms with van der Waals surface area (Å²) >= 11 is 2.19. The third-order valence-electron chi connectivity index (χ3n) is 6.38. The van der Waals surface area contributed by atoms with Crippen molar-refractivity contribution in [2.24, 2.45) is 0 Å². The van der Waals surface area contributed by atoms with Crippen LogP contribution in [-0.4, -0.2) is 46.3 Å². The zero-order chi connectivity index (χ0) is 24.1. The highest BCUT2D eigenvalue weighted by Gasteiger charge is 2.59. The van der Waals surface area contributed by atoms with E-state index in [-0.39, 0.29) is 6.61 Å². The Morgan fingerprint density at radius 2 is 1.37 bits per heavy atom. The van der Waals surface area contributed by atoms with E-state index in [1.165, 1.54) is 0 Å². The fraction of sp³-hybridized carbons (Fsp3) is 0.357. The van der Waals surface area contributed by atoms with Gasteiger partial charge in [-0.1, -0.05) is 114 Å². The Hall–Kier alpha value is -1.85. The smallest absolute Gasteiger partial charge is 0.187 e. The van der Waals surface area contributed by atoms with Crippen LogP contribution in [0.1, 0.15) is 23.0 Å². The zero-order valence-electron chi connectivity index (χ0n) is 19.2. The quantitative estimate of drug-likeness (QED) is 0.302. The predicted octanol–water partition coefficient (Wildman–Crippen LogP) is 4.79. The molecule has 3 aromatic rings. The summed E-state index contributed by atoms with van der Waals surface area (Å²) in [5.41, 5.74) is 1.56. The van der Waals surface area contributed by atoms with Gasteiger partial charge in [0.2, 0.25) is 0 Å². The van der Waals surface area contributed by atoms with Crippen molar-refractivity contribution in [3.8, 4) is 0 Å². The van der Waals surface area contributed by atoms with E-state index in [2.05, 4.69) is 22.6 Å². The maximum absolute atomic E-state index is 12.1. The van der Waals surface area contributed by atoms with Gasteiger partial charge in [0, 0.05) is 9.99 Å². The minimum atomic E-state index is -1.35. The maximum atomic E-state index is 12.1. The molecule has 5 rings (SSSR count). The normalized spacial score (nSPS) is 30.5. The van der Waals surface area contributed by atoms with Crippen molar-refractivity contribution in [1.29, 1.82) is 0 Å². The second-order valence-corrected chi connectivity index (χ2v) is 9.58. The molecule has 0 aliphatic carbocycles. The topological polar surface area (TPSA) is 66.4 Å². The number of ether oxygens (including phenoxy) is 5. The van der Waals surface area contributed by atoms with E-state index in [1.807, 2.05) is 91.0 Å².